The zero-order valence-electron chi connectivity index (χ0n) is 40.8. The Hall–Kier alpha value is -8.92. The van der Waals surface area contributed by atoms with Crippen LogP contribution in [-0.4, -0.2) is 10.6 Å². The van der Waals surface area contributed by atoms with Gasteiger partial charge in [-0.1, -0.05) is 195 Å². The van der Waals surface area contributed by atoms with E-state index in [1.165, 1.54) is 94.4 Å². The van der Waals surface area contributed by atoms with E-state index >= 15 is 0 Å². The SMILES string of the molecule is CC1(C)c2ccccc2-c2cc3c4cc(-c5ccc(N(c6ccc(-c7ccccc7)cc6)C6C=CC=C7Cc8ccccc8C76)cc5)ccc4n(-c4ccc(-c5cccc6c5oc5ccccc56)cc4)c3cc21. The summed E-state index contributed by atoms with van der Waals surface area (Å²) >= 11 is 0. The summed E-state index contributed by atoms with van der Waals surface area (Å²) in [5, 5.41) is 4.78. The minimum absolute atomic E-state index is 0.115. The van der Waals surface area contributed by atoms with E-state index < -0.39 is 0 Å². The van der Waals surface area contributed by atoms with E-state index in [1.54, 1.807) is 0 Å². The quantitative estimate of drug-likeness (QED) is 0.159. The van der Waals surface area contributed by atoms with E-state index in [1.807, 2.05) is 6.07 Å². The highest BCUT2D eigenvalue weighted by atomic mass is 16.3. The Balaban J connectivity index is 0.849. The lowest BCUT2D eigenvalue weighted by Crippen LogP contribution is -2.36. The Morgan fingerprint density at radius 3 is 1.95 bits per heavy atom. The van der Waals surface area contributed by atoms with Gasteiger partial charge in [0.05, 0.1) is 17.1 Å². The first-order valence-electron chi connectivity index (χ1n) is 25.7. The summed E-state index contributed by atoms with van der Waals surface area (Å²) in [4.78, 5) is 2.56. The zero-order valence-corrected chi connectivity index (χ0v) is 40.8. The molecule has 0 fully saturated rings. The average molecular weight is 935 g/mol. The highest BCUT2D eigenvalue weighted by Crippen LogP contribution is 2.52. The van der Waals surface area contributed by atoms with Crippen LogP contribution in [-0.2, 0) is 11.8 Å². The largest absolute Gasteiger partial charge is 0.455 e. The van der Waals surface area contributed by atoms with Gasteiger partial charge >= 0.3 is 0 Å². The summed E-state index contributed by atoms with van der Waals surface area (Å²) in [6, 6.07) is 83.2. The van der Waals surface area contributed by atoms with Gasteiger partial charge in [0.15, 0.2) is 0 Å². The molecule has 2 aromatic heterocycles. The molecule has 12 aromatic rings. The van der Waals surface area contributed by atoms with Crippen molar-refractivity contribution in [3.63, 3.8) is 0 Å². The molecule has 0 bridgehead atoms. The van der Waals surface area contributed by atoms with Crippen molar-refractivity contribution >= 4 is 55.1 Å². The first-order valence-corrected chi connectivity index (χ1v) is 25.7. The van der Waals surface area contributed by atoms with Crippen LogP contribution in [0.3, 0.4) is 0 Å². The minimum Gasteiger partial charge on any atom is -0.455 e. The van der Waals surface area contributed by atoms with Gasteiger partial charge in [0.1, 0.15) is 11.2 Å². The Bertz CT molecular complexity index is 4240. The molecule has 3 aliphatic rings. The van der Waals surface area contributed by atoms with Gasteiger partial charge in [-0.05, 0) is 134 Å². The number of anilines is 2. The third-order valence-electron chi connectivity index (χ3n) is 16.5. The molecule has 346 valence electrons. The Labute approximate surface area is 425 Å². The highest BCUT2D eigenvalue weighted by Gasteiger charge is 2.38. The lowest BCUT2D eigenvalue weighted by molar-refractivity contribution is 0.661. The molecule has 0 radical (unpaired) electrons. The molecular formula is C70H50N2O. The molecule has 2 unspecified atom stereocenters. The average Bonchev–Trinajstić information content (AvgIpc) is 4.18. The molecule has 0 saturated carbocycles. The van der Waals surface area contributed by atoms with Crippen LogP contribution in [0, 0.1) is 0 Å². The number of hydrogen-bond donors (Lipinski definition) is 0. The lowest BCUT2D eigenvalue weighted by Gasteiger charge is -2.38. The molecule has 3 heteroatoms. The number of furan rings is 1. The topological polar surface area (TPSA) is 21.3 Å². The van der Waals surface area contributed by atoms with Crippen LogP contribution in [0.5, 0.6) is 0 Å². The Morgan fingerprint density at radius 1 is 0.479 bits per heavy atom. The van der Waals surface area contributed by atoms with Crippen molar-refractivity contribution in [2.24, 2.45) is 0 Å². The molecular weight excluding hydrogens is 885 g/mol. The molecule has 3 aliphatic carbocycles. The van der Waals surface area contributed by atoms with Crippen LogP contribution in [0.4, 0.5) is 11.4 Å². The van der Waals surface area contributed by atoms with Crippen LogP contribution in [0.1, 0.15) is 42.0 Å². The van der Waals surface area contributed by atoms with Crippen molar-refractivity contribution in [3.8, 4) is 50.2 Å². The number of benzene rings is 10. The molecule has 2 heterocycles. The van der Waals surface area contributed by atoms with Gasteiger partial charge < -0.3 is 13.9 Å². The molecule has 0 spiro atoms. The van der Waals surface area contributed by atoms with E-state index in [0.29, 0.717) is 0 Å². The standard InChI is InChI=1S/C70H50N2O/c1-70(2)62-23-10-8-19-56(62)59-42-61-60-41-48(32-39-64(60)72(66(61)43-63(59)70)53-37-30-47(31-38-53)55-21-13-22-58-57-20-9-11-25-67(57)73-69(55)58)46-28-35-52(36-29-46)71(51-33-26-45(27-34-51)44-14-4-3-5-15-44)65-24-12-17-50-40-49-16-6-7-18-54(49)68(50)65/h3-39,41-43,65,68H,40H2,1-2H3. The van der Waals surface area contributed by atoms with Crippen LogP contribution >= 0.6 is 0 Å². The van der Waals surface area contributed by atoms with Gasteiger partial charge in [0.2, 0.25) is 0 Å². The first kappa shape index (κ1) is 41.8. The Kier molecular flexibility index (Phi) is 9.19. The summed E-state index contributed by atoms with van der Waals surface area (Å²) < 4.78 is 8.97. The third kappa shape index (κ3) is 6.45. The van der Waals surface area contributed by atoms with Gasteiger partial charge in [-0.25, -0.2) is 0 Å². The normalized spacial score (nSPS) is 16.2. The predicted molar refractivity (Wildman–Crippen MR) is 304 cm³/mol. The van der Waals surface area contributed by atoms with E-state index in [4.69, 9.17) is 4.42 Å². The molecule has 15 rings (SSSR count). The smallest absolute Gasteiger partial charge is 0.143 e. The molecule has 0 saturated heterocycles. The number of allylic oxidation sites excluding steroid dienone is 2. The second-order valence-corrected chi connectivity index (χ2v) is 20.8. The number of para-hydroxylation sites is 2. The van der Waals surface area contributed by atoms with Crippen LogP contribution < -0.4 is 4.90 Å². The fraction of sp³-hybridized carbons (Fsp3) is 0.0857. The minimum atomic E-state index is -0.131. The van der Waals surface area contributed by atoms with Crippen LogP contribution in [0.25, 0.3) is 93.9 Å². The second kappa shape index (κ2) is 16.0. The maximum Gasteiger partial charge on any atom is 0.143 e. The summed E-state index contributed by atoms with van der Waals surface area (Å²) in [5.74, 6) is 0.274. The van der Waals surface area contributed by atoms with Gasteiger partial charge in [-0.3, -0.25) is 0 Å². The second-order valence-electron chi connectivity index (χ2n) is 20.8. The van der Waals surface area contributed by atoms with E-state index in [-0.39, 0.29) is 17.4 Å². The van der Waals surface area contributed by atoms with Gasteiger partial charge in [0.25, 0.3) is 0 Å². The van der Waals surface area contributed by atoms with Crippen molar-refractivity contribution in [1.29, 1.82) is 0 Å². The highest BCUT2D eigenvalue weighted by molar-refractivity contribution is 6.13. The number of hydrogen-bond acceptors (Lipinski definition) is 2. The van der Waals surface area contributed by atoms with Crippen LogP contribution in [0.15, 0.2) is 253 Å². The number of fused-ring (bicyclic) bond motifs is 12. The van der Waals surface area contributed by atoms with Crippen LogP contribution in [0.2, 0.25) is 0 Å². The van der Waals surface area contributed by atoms with Gasteiger partial charge in [0, 0.05) is 55.5 Å². The zero-order chi connectivity index (χ0) is 48.4. The fourth-order valence-corrected chi connectivity index (χ4v) is 12.9. The lowest BCUT2D eigenvalue weighted by atomic mass is 9.82. The summed E-state index contributed by atoms with van der Waals surface area (Å²) in [7, 11) is 0. The van der Waals surface area contributed by atoms with Crippen molar-refractivity contribution in [1.82, 2.24) is 4.57 Å². The summed E-state index contributed by atoms with van der Waals surface area (Å²) in [6.07, 6.45) is 8.03. The van der Waals surface area contributed by atoms with Crippen molar-refractivity contribution in [3.05, 3.63) is 271 Å². The molecule has 73 heavy (non-hydrogen) atoms. The van der Waals surface area contributed by atoms with Crippen molar-refractivity contribution < 1.29 is 4.42 Å². The first-order chi connectivity index (χ1) is 35.9. The van der Waals surface area contributed by atoms with E-state index in [2.05, 4.69) is 260 Å². The molecule has 0 aliphatic heterocycles. The van der Waals surface area contributed by atoms with Gasteiger partial charge in [-0.15, -0.1) is 0 Å². The molecule has 2 atom stereocenters. The monoisotopic (exact) mass is 934 g/mol. The maximum atomic E-state index is 6.49. The molecule has 0 amide bonds. The van der Waals surface area contributed by atoms with Crippen molar-refractivity contribution in [2.75, 3.05) is 4.90 Å². The maximum absolute atomic E-state index is 6.49. The summed E-state index contributed by atoms with van der Waals surface area (Å²) in [5.41, 5.74) is 24.4. The van der Waals surface area contributed by atoms with Gasteiger partial charge in [-0.2, -0.15) is 0 Å². The predicted octanol–water partition coefficient (Wildman–Crippen LogP) is 18.3. The van der Waals surface area contributed by atoms with Crippen molar-refractivity contribution in [2.45, 2.75) is 37.6 Å². The van der Waals surface area contributed by atoms with E-state index in [0.717, 1.165) is 45.2 Å². The third-order valence-corrected chi connectivity index (χ3v) is 16.5. The molecule has 10 aromatic carbocycles. The number of aromatic nitrogens is 1. The molecule has 0 N–H and O–H groups in total. The number of nitrogens with zero attached hydrogens (tertiary/aromatic N) is 2. The molecule has 3 nitrogen and oxygen atoms in total. The summed E-state index contributed by atoms with van der Waals surface area (Å²) in [6.45, 7) is 4.75. The Morgan fingerprint density at radius 2 is 1.12 bits per heavy atom. The fourth-order valence-electron chi connectivity index (χ4n) is 12.9. The van der Waals surface area contributed by atoms with E-state index in [9.17, 15) is 0 Å². The number of rotatable bonds is 7.